The summed E-state index contributed by atoms with van der Waals surface area (Å²) in [6, 6.07) is 10.2. The highest BCUT2D eigenvalue weighted by molar-refractivity contribution is 6.42. The molecule has 1 heterocycles. The van der Waals surface area contributed by atoms with E-state index >= 15 is 0 Å². The van der Waals surface area contributed by atoms with Crippen LogP contribution in [0.25, 0.3) is 22.4 Å². The number of hydrogen-bond acceptors (Lipinski definition) is 2. The van der Waals surface area contributed by atoms with Gasteiger partial charge in [-0.2, -0.15) is 5.26 Å². The van der Waals surface area contributed by atoms with Gasteiger partial charge in [0.1, 0.15) is 0 Å². The molecule has 0 saturated carbocycles. The topological polar surface area (TPSA) is 36.7 Å². The van der Waals surface area contributed by atoms with E-state index in [4.69, 9.17) is 69.6 Å². The molecular weight excluding hydrogens is 469 g/mol. The first-order valence-electron chi connectivity index (χ1n) is 7.47. The molecule has 3 aromatic rings. The molecule has 0 bridgehead atoms. The third-order valence-electron chi connectivity index (χ3n) is 3.78. The molecule has 0 atom stereocenters. The van der Waals surface area contributed by atoms with Crippen LogP contribution >= 0.6 is 69.6 Å². The van der Waals surface area contributed by atoms with Crippen LogP contribution in [0.15, 0.2) is 36.5 Å². The second-order valence-corrected chi connectivity index (χ2v) is 8.06. The molecule has 27 heavy (non-hydrogen) atoms. The molecular formula is C19H8Cl6N2. The molecule has 2 nitrogen and oxygen atoms in total. The van der Waals surface area contributed by atoms with Crippen LogP contribution in [-0.4, -0.2) is 4.98 Å². The molecule has 2 aromatic carbocycles. The lowest BCUT2D eigenvalue weighted by Gasteiger charge is -2.14. The molecule has 0 N–H and O–H groups in total. The van der Waals surface area contributed by atoms with Gasteiger partial charge >= 0.3 is 0 Å². The average Bonchev–Trinajstić information content (AvgIpc) is 2.55. The van der Waals surface area contributed by atoms with Gasteiger partial charge < -0.3 is 0 Å². The molecule has 0 aliphatic carbocycles. The summed E-state index contributed by atoms with van der Waals surface area (Å²) in [5, 5.41) is 11.5. The normalized spacial score (nSPS) is 10.7. The lowest BCUT2D eigenvalue weighted by molar-refractivity contribution is 1.20. The zero-order valence-corrected chi connectivity index (χ0v) is 17.9. The van der Waals surface area contributed by atoms with Gasteiger partial charge in [-0.1, -0.05) is 69.6 Å². The summed E-state index contributed by atoms with van der Waals surface area (Å²) >= 11 is 37.2. The van der Waals surface area contributed by atoms with Gasteiger partial charge in [0.25, 0.3) is 0 Å². The Morgan fingerprint density at radius 1 is 0.741 bits per heavy atom. The van der Waals surface area contributed by atoms with Crippen molar-refractivity contribution in [3.8, 4) is 28.5 Å². The molecule has 0 aliphatic rings. The Hall–Kier alpha value is -1.18. The maximum absolute atomic E-state index is 9.25. The summed E-state index contributed by atoms with van der Waals surface area (Å²) in [6.45, 7) is 0. The Labute approximate surface area is 186 Å². The minimum Gasteiger partial charge on any atom is -0.255 e. The van der Waals surface area contributed by atoms with Crippen LogP contribution in [0.1, 0.15) is 5.56 Å². The van der Waals surface area contributed by atoms with E-state index in [-0.39, 0.29) is 6.42 Å². The van der Waals surface area contributed by atoms with Crippen molar-refractivity contribution in [1.29, 1.82) is 5.26 Å². The fourth-order valence-corrected chi connectivity index (χ4v) is 4.71. The fraction of sp³-hybridized carbons (Fsp3) is 0.0526. The predicted octanol–water partition coefficient (Wildman–Crippen LogP) is 8.40. The Morgan fingerprint density at radius 2 is 1.22 bits per heavy atom. The molecule has 0 amide bonds. The summed E-state index contributed by atoms with van der Waals surface area (Å²) in [7, 11) is 0. The van der Waals surface area contributed by atoms with Crippen molar-refractivity contribution in [2.75, 3.05) is 0 Å². The van der Waals surface area contributed by atoms with E-state index in [0.717, 1.165) is 0 Å². The summed E-state index contributed by atoms with van der Waals surface area (Å²) in [5.74, 6) is 0. The number of pyridine rings is 1. The highest BCUT2D eigenvalue weighted by Gasteiger charge is 2.18. The number of nitriles is 1. The van der Waals surface area contributed by atoms with Gasteiger partial charge in [-0.25, -0.2) is 0 Å². The standard InChI is InChI=1S/C19H8Cl6N2/c20-11-4-13(22)17(14(23)5-11)10-3-9(1-2-26)19(27-8-10)18-15(24)6-12(21)7-16(18)25/h3-8H,1H2. The summed E-state index contributed by atoms with van der Waals surface area (Å²) in [4.78, 5) is 4.49. The van der Waals surface area contributed by atoms with Crippen LogP contribution in [0.2, 0.25) is 30.1 Å². The third kappa shape index (κ3) is 4.30. The van der Waals surface area contributed by atoms with E-state index in [1.165, 1.54) is 0 Å². The second kappa shape index (κ2) is 8.45. The SMILES string of the molecule is N#CCc1cc(-c2c(Cl)cc(Cl)cc2Cl)cnc1-c1c(Cl)cc(Cl)cc1Cl. The van der Waals surface area contributed by atoms with E-state index in [1.54, 1.807) is 36.5 Å². The van der Waals surface area contributed by atoms with Crippen molar-refractivity contribution >= 4 is 69.6 Å². The van der Waals surface area contributed by atoms with Crippen molar-refractivity contribution in [2.24, 2.45) is 0 Å². The Balaban J connectivity index is 2.23. The van der Waals surface area contributed by atoms with E-state index in [9.17, 15) is 5.26 Å². The molecule has 0 aliphatic heterocycles. The van der Waals surface area contributed by atoms with Crippen molar-refractivity contribution in [1.82, 2.24) is 4.98 Å². The molecule has 0 saturated heterocycles. The van der Waals surface area contributed by atoms with Crippen LogP contribution in [0.3, 0.4) is 0 Å². The lowest BCUT2D eigenvalue weighted by atomic mass is 9.99. The minimum atomic E-state index is 0.0916. The summed E-state index contributed by atoms with van der Waals surface area (Å²) < 4.78 is 0. The summed E-state index contributed by atoms with van der Waals surface area (Å²) in [5.41, 5.74) is 2.86. The predicted molar refractivity (Wildman–Crippen MR) is 114 cm³/mol. The van der Waals surface area contributed by atoms with Crippen LogP contribution in [0.5, 0.6) is 0 Å². The monoisotopic (exact) mass is 474 g/mol. The molecule has 136 valence electrons. The number of halogens is 6. The van der Waals surface area contributed by atoms with Gasteiger partial charge in [0.15, 0.2) is 0 Å². The zero-order chi connectivity index (χ0) is 19.7. The zero-order valence-electron chi connectivity index (χ0n) is 13.3. The number of hydrogen-bond donors (Lipinski definition) is 0. The minimum absolute atomic E-state index is 0.0916. The van der Waals surface area contributed by atoms with Gasteiger partial charge in [-0.3, -0.25) is 4.98 Å². The Bertz CT molecular complexity index is 1040. The van der Waals surface area contributed by atoms with Crippen molar-refractivity contribution in [3.63, 3.8) is 0 Å². The summed E-state index contributed by atoms with van der Waals surface area (Å²) in [6.07, 6.45) is 1.69. The average molecular weight is 477 g/mol. The van der Waals surface area contributed by atoms with Crippen molar-refractivity contribution in [2.45, 2.75) is 6.42 Å². The quantitative estimate of drug-likeness (QED) is 0.380. The maximum atomic E-state index is 9.25. The molecule has 0 spiro atoms. The maximum Gasteiger partial charge on any atom is 0.0774 e. The van der Waals surface area contributed by atoms with E-state index in [1.807, 2.05) is 0 Å². The molecule has 1 aromatic heterocycles. The van der Waals surface area contributed by atoms with Crippen LogP contribution in [-0.2, 0) is 6.42 Å². The largest absolute Gasteiger partial charge is 0.255 e. The molecule has 0 fully saturated rings. The van der Waals surface area contributed by atoms with Gasteiger partial charge in [0, 0.05) is 32.9 Å². The van der Waals surface area contributed by atoms with E-state index in [0.29, 0.717) is 58.1 Å². The number of rotatable bonds is 3. The van der Waals surface area contributed by atoms with Crippen molar-refractivity contribution in [3.05, 3.63) is 72.2 Å². The highest BCUT2D eigenvalue weighted by Crippen LogP contribution is 2.41. The lowest BCUT2D eigenvalue weighted by Crippen LogP contribution is -1.96. The van der Waals surface area contributed by atoms with Crippen LogP contribution in [0.4, 0.5) is 0 Å². The van der Waals surface area contributed by atoms with Gasteiger partial charge in [-0.15, -0.1) is 0 Å². The second-order valence-electron chi connectivity index (χ2n) is 5.56. The molecule has 0 unspecified atom stereocenters. The number of aromatic nitrogens is 1. The van der Waals surface area contributed by atoms with E-state index < -0.39 is 0 Å². The Kier molecular flexibility index (Phi) is 6.43. The fourth-order valence-electron chi connectivity index (χ4n) is 2.68. The van der Waals surface area contributed by atoms with Crippen molar-refractivity contribution < 1.29 is 0 Å². The number of benzene rings is 2. The Morgan fingerprint density at radius 3 is 1.70 bits per heavy atom. The first-order valence-corrected chi connectivity index (χ1v) is 9.74. The number of nitrogens with zero attached hydrogens (tertiary/aromatic N) is 2. The highest BCUT2D eigenvalue weighted by atomic mass is 35.5. The van der Waals surface area contributed by atoms with Gasteiger partial charge in [0.2, 0.25) is 0 Å². The molecule has 0 radical (unpaired) electrons. The first-order chi connectivity index (χ1) is 12.8. The third-order valence-corrected chi connectivity index (χ3v) is 5.40. The van der Waals surface area contributed by atoms with Crippen LogP contribution in [0, 0.1) is 11.3 Å². The van der Waals surface area contributed by atoms with Gasteiger partial charge in [-0.05, 0) is 35.9 Å². The molecule has 8 heteroatoms. The van der Waals surface area contributed by atoms with E-state index in [2.05, 4.69) is 11.1 Å². The first kappa shape index (κ1) is 20.6. The van der Waals surface area contributed by atoms with Gasteiger partial charge in [0.05, 0.1) is 38.3 Å². The van der Waals surface area contributed by atoms with Crippen LogP contribution < -0.4 is 0 Å². The molecule has 3 rings (SSSR count). The smallest absolute Gasteiger partial charge is 0.0774 e.